The van der Waals surface area contributed by atoms with Gasteiger partial charge in [0.05, 0.1) is 6.10 Å². The largest absolute Gasteiger partial charge is 0.393 e. The molecule has 1 aliphatic carbocycles. The first kappa shape index (κ1) is 13.0. The van der Waals surface area contributed by atoms with Crippen LogP contribution in [-0.2, 0) is 0 Å². The Labute approximate surface area is 95.3 Å². The van der Waals surface area contributed by atoms with E-state index in [-0.39, 0.29) is 6.10 Å². The summed E-state index contributed by atoms with van der Waals surface area (Å²) < 4.78 is 0. The molecule has 90 valence electrons. The average Bonchev–Trinajstić information content (AvgIpc) is 2.15. The Bertz CT molecular complexity index is 186. The Kier molecular flexibility index (Phi) is 4.64. The highest BCUT2D eigenvalue weighted by Gasteiger charge is 2.36. The van der Waals surface area contributed by atoms with Gasteiger partial charge in [-0.15, -0.1) is 0 Å². The maximum atomic E-state index is 9.65. The van der Waals surface area contributed by atoms with E-state index in [9.17, 15) is 5.11 Å². The number of aliphatic hydroxyl groups excluding tert-OH is 1. The zero-order valence-corrected chi connectivity index (χ0v) is 10.9. The molecule has 0 spiro atoms. The molecule has 1 saturated carbocycles. The van der Waals surface area contributed by atoms with Crippen molar-refractivity contribution in [1.82, 2.24) is 0 Å². The lowest BCUT2D eigenvalue weighted by atomic mass is 9.62. The first-order chi connectivity index (χ1) is 6.97. The lowest BCUT2D eigenvalue weighted by Gasteiger charge is -2.43. The summed E-state index contributed by atoms with van der Waals surface area (Å²) in [7, 11) is 0. The van der Waals surface area contributed by atoms with Gasteiger partial charge in [-0.2, -0.15) is 0 Å². The predicted octanol–water partition coefficient (Wildman–Crippen LogP) is 4.00. The summed E-state index contributed by atoms with van der Waals surface area (Å²) in [5, 5.41) is 9.65. The van der Waals surface area contributed by atoms with Crippen LogP contribution in [-0.4, -0.2) is 11.2 Å². The predicted molar refractivity (Wildman–Crippen MR) is 65.8 cm³/mol. The molecule has 3 atom stereocenters. The highest BCUT2D eigenvalue weighted by atomic mass is 16.3. The van der Waals surface area contributed by atoms with Gasteiger partial charge in [-0.25, -0.2) is 0 Å². The van der Waals surface area contributed by atoms with E-state index in [1.165, 1.54) is 25.7 Å². The van der Waals surface area contributed by atoms with E-state index in [0.29, 0.717) is 5.41 Å². The molecule has 0 bridgehead atoms. The van der Waals surface area contributed by atoms with Gasteiger partial charge in [0.2, 0.25) is 0 Å². The van der Waals surface area contributed by atoms with E-state index in [4.69, 9.17) is 0 Å². The monoisotopic (exact) mass is 212 g/mol. The molecule has 1 fully saturated rings. The first-order valence-corrected chi connectivity index (χ1v) is 6.65. The Morgan fingerprint density at radius 3 is 2.60 bits per heavy atom. The molecule has 0 heterocycles. The lowest BCUT2D eigenvalue weighted by molar-refractivity contribution is 0.0570. The number of hydrogen-bond donors (Lipinski definition) is 1. The minimum atomic E-state index is -0.0741. The van der Waals surface area contributed by atoms with Gasteiger partial charge < -0.3 is 5.11 Å². The average molecular weight is 212 g/mol. The number of hydrogen-bond acceptors (Lipinski definition) is 1. The third-order valence-electron chi connectivity index (χ3n) is 4.45. The summed E-state index contributed by atoms with van der Waals surface area (Å²) >= 11 is 0. The highest BCUT2D eigenvalue weighted by molar-refractivity contribution is 4.86. The van der Waals surface area contributed by atoms with Crippen LogP contribution in [0.2, 0.25) is 0 Å². The molecular weight excluding hydrogens is 184 g/mol. The van der Waals surface area contributed by atoms with Crippen LogP contribution in [0.3, 0.4) is 0 Å². The van der Waals surface area contributed by atoms with Crippen molar-refractivity contribution < 1.29 is 5.11 Å². The van der Waals surface area contributed by atoms with E-state index in [2.05, 4.69) is 27.7 Å². The molecule has 1 heteroatoms. The Morgan fingerprint density at radius 2 is 2.07 bits per heavy atom. The van der Waals surface area contributed by atoms with E-state index < -0.39 is 0 Å². The van der Waals surface area contributed by atoms with Crippen molar-refractivity contribution in [2.75, 3.05) is 0 Å². The SMILES string of the molecule is CCC(O)CC[C@H]1[C@@H](C)CCCC1(C)C. The van der Waals surface area contributed by atoms with Crippen LogP contribution in [0.4, 0.5) is 0 Å². The molecule has 1 aliphatic rings. The second kappa shape index (κ2) is 5.34. The minimum Gasteiger partial charge on any atom is -0.393 e. The smallest absolute Gasteiger partial charge is 0.0537 e. The summed E-state index contributed by atoms with van der Waals surface area (Å²) in [6.45, 7) is 9.28. The zero-order chi connectivity index (χ0) is 11.5. The fourth-order valence-corrected chi connectivity index (χ4v) is 3.29. The van der Waals surface area contributed by atoms with Gasteiger partial charge in [-0.05, 0) is 42.9 Å². The number of aliphatic hydroxyl groups is 1. The van der Waals surface area contributed by atoms with E-state index >= 15 is 0 Å². The van der Waals surface area contributed by atoms with Gasteiger partial charge >= 0.3 is 0 Å². The van der Waals surface area contributed by atoms with Gasteiger partial charge in [0, 0.05) is 0 Å². The highest BCUT2D eigenvalue weighted by Crippen LogP contribution is 2.46. The molecule has 15 heavy (non-hydrogen) atoms. The topological polar surface area (TPSA) is 20.2 Å². The standard InChI is InChI=1S/C14H28O/c1-5-12(15)8-9-13-11(2)7-6-10-14(13,3)4/h11-13,15H,5-10H2,1-4H3/t11-,12?,13-/m0/s1. The molecule has 0 amide bonds. The van der Waals surface area contributed by atoms with Crippen LogP contribution in [0.15, 0.2) is 0 Å². The van der Waals surface area contributed by atoms with Crippen LogP contribution in [0.5, 0.6) is 0 Å². The molecule has 0 saturated heterocycles. The van der Waals surface area contributed by atoms with Gasteiger partial charge in [0.25, 0.3) is 0 Å². The fraction of sp³-hybridized carbons (Fsp3) is 1.00. The minimum absolute atomic E-state index is 0.0741. The Balaban J connectivity index is 2.48. The third kappa shape index (κ3) is 3.48. The second-order valence-electron chi connectivity index (χ2n) is 6.10. The third-order valence-corrected chi connectivity index (χ3v) is 4.45. The molecule has 0 aromatic carbocycles. The molecule has 0 aliphatic heterocycles. The second-order valence-corrected chi connectivity index (χ2v) is 6.10. The Morgan fingerprint density at radius 1 is 1.40 bits per heavy atom. The molecule has 1 nitrogen and oxygen atoms in total. The molecule has 0 aromatic rings. The summed E-state index contributed by atoms with van der Waals surface area (Å²) in [5.74, 6) is 1.66. The Hall–Kier alpha value is -0.0400. The molecular formula is C14H28O. The maximum absolute atomic E-state index is 9.65. The quantitative estimate of drug-likeness (QED) is 0.747. The first-order valence-electron chi connectivity index (χ1n) is 6.65. The molecule has 1 N–H and O–H groups in total. The summed E-state index contributed by atoms with van der Waals surface area (Å²) in [5.41, 5.74) is 0.491. The van der Waals surface area contributed by atoms with Crippen LogP contribution < -0.4 is 0 Å². The van der Waals surface area contributed by atoms with Crippen LogP contribution >= 0.6 is 0 Å². The summed E-state index contributed by atoms with van der Waals surface area (Å²) in [4.78, 5) is 0. The van der Waals surface area contributed by atoms with Crippen molar-refractivity contribution in [1.29, 1.82) is 0 Å². The zero-order valence-electron chi connectivity index (χ0n) is 10.9. The van der Waals surface area contributed by atoms with Crippen LogP contribution in [0, 0.1) is 17.3 Å². The van der Waals surface area contributed by atoms with Gasteiger partial charge in [0.15, 0.2) is 0 Å². The number of rotatable bonds is 4. The summed E-state index contributed by atoms with van der Waals surface area (Å²) in [6, 6.07) is 0. The van der Waals surface area contributed by atoms with Crippen molar-refractivity contribution in [2.45, 2.75) is 72.3 Å². The molecule has 1 rings (SSSR count). The lowest BCUT2D eigenvalue weighted by Crippen LogP contribution is -2.34. The van der Waals surface area contributed by atoms with E-state index in [0.717, 1.165) is 24.7 Å². The molecule has 0 aromatic heterocycles. The fourth-order valence-electron chi connectivity index (χ4n) is 3.29. The van der Waals surface area contributed by atoms with Crippen LogP contribution in [0.25, 0.3) is 0 Å². The van der Waals surface area contributed by atoms with Crippen molar-refractivity contribution in [3.8, 4) is 0 Å². The maximum Gasteiger partial charge on any atom is 0.0537 e. The normalized spacial score (nSPS) is 32.6. The summed E-state index contributed by atoms with van der Waals surface area (Å²) in [6.07, 6.45) is 7.18. The van der Waals surface area contributed by atoms with Gasteiger partial charge in [0.1, 0.15) is 0 Å². The molecule has 1 unspecified atom stereocenters. The van der Waals surface area contributed by atoms with E-state index in [1.54, 1.807) is 0 Å². The van der Waals surface area contributed by atoms with Gasteiger partial charge in [-0.1, -0.05) is 40.5 Å². The van der Waals surface area contributed by atoms with Crippen molar-refractivity contribution >= 4 is 0 Å². The molecule has 0 radical (unpaired) electrons. The van der Waals surface area contributed by atoms with Crippen molar-refractivity contribution in [3.05, 3.63) is 0 Å². The van der Waals surface area contributed by atoms with Gasteiger partial charge in [-0.3, -0.25) is 0 Å². The van der Waals surface area contributed by atoms with Crippen molar-refractivity contribution in [2.24, 2.45) is 17.3 Å². The van der Waals surface area contributed by atoms with Crippen LogP contribution in [0.1, 0.15) is 66.2 Å². The van der Waals surface area contributed by atoms with E-state index in [1.807, 2.05) is 0 Å². The van der Waals surface area contributed by atoms with Crippen molar-refractivity contribution in [3.63, 3.8) is 0 Å².